The van der Waals surface area contributed by atoms with E-state index in [0.29, 0.717) is 37.4 Å². The molecule has 2 heterocycles. The number of hydrogen-bond acceptors (Lipinski definition) is 3. The molecule has 0 aliphatic carbocycles. The maximum atomic E-state index is 13.9. The van der Waals surface area contributed by atoms with E-state index in [1.165, 1.54) is 6.07 Å². The largest absolute Gasteiger partial charge is 0.366 e. The van der Waals surface area contributed by atoms with Crippen molar-refractivity contribution in [2.24, 2.45) is 0 Å². The molecule has 1 aromatic heterocycles. The second kappa shape index (κ2) is 7.00. The number of piperazine rings is 1. The highest BCUT2D eigenvalue weighted by molar-refractivity contribution is 5.94. The van der Waals surface area contributed by atoms with Crippen LogP contribution in [0.5, 0.6) is 0 Å². The third-order valence-corrected chi connectivity index (χ3v) is 4.64. The molecule has 5 nitrogen and oxygen atoms in total. The van der Waals surface area contributed by atoms with Gasteiger partial charge in [0.15, 0.2) is 0 Å². The summed E-state index contributed by atoms with van der Waals surface area (Å²) in [5.74, 6) is -0.216. The van der Waals surface area contributed by atoms with Crippen LogP contribution in [-0.4, -0.2) is 46.8 Å². The maximum Gasteiger partial charge on any atom is 0.253 e. The Morgan fingerprint density at radius 2 is 1.65 bits per heavy atom. The third-order valence-electron chi connectivity index (χ3n) is 4.64. The minimum absolute atomic E-state index is 0.00481. The standard InChI is InChI=1S/C20H19FN4O/c21-18-4-1-2-5-19(18)23-12-14-24(15-13-23)20(26)16-6-8-17(9-7-16)25-11-3-10-22-25/h1-11H,12-15H2. The Morgan fingerprint density at radius 3 is 2.31 bits per heavy atom. The minimum atomic E-state index is -0.221. The first-order valence-corrected chi connectivity index (χ1v) is 8.61. The van der Waals surface area contributed by atoms with Gasteiger partial charge in [-0.05, 0) is 42.5 Å². The Labute approximate surface area is 151 Å². The van der Waals surface area contributed by atoms with Crippen molar-refractivity contribution in [1.29, 1.82) is 0 Å². The van der Waals surface area contributed by atoms with Crippen molar-refractivity contribution in [1.82, 2.24) is 14.7 Å². The smallest absolute Gasteiger partial charge is 0.253 e. The van der Waals surface area contributed by atoms with Crippen molar-refractivity contribution in [3.8, 4) is 5.69 Å². The number of carbonyl (C=O) groups is 1. The lowest BCUT2D eigenvalue weighted by Crippen LogP contribution is -2.49. The first-order valence-electron chi connectivity index (χ1n) is 8.61. The predicted octanol–water partition coefficient (Wildman–Crippen LogP) is 2.97. The van der Waals surface area contributed by atoms with E-state index < -0.39 is 0 Å². The Bertz CT molecular complexity index is 884. The van der Waals surface area contributed by atoms with E-state index in [1.807, 2.05) is 52.4 Å². The highest BCUT2D eigenvalue weighted by Crippen LogP contribution is 2.21. The van der Waals surface area contributed by atoms with Crippen molar-refractivity contribution < 1.29 is 9.18 Å². The van der Waals surface area contributed by atoms with Crippen LogP contribution in [0.15, 0.2) is 67.0 Å². The van der Waals surface area contributed by atoms with Crippen molar-refractivity contribution >= 4 is 11.6 Å². The van der Waals surface area contributed by atoms with Gasteiger partial charge in [0.1, 0.15) is 5.82 Å². The molecule has 0 N–H and O–H groups in total. The van der Waals surface area contributed by atoms with Gasteiger partial charge in [-0.15, -0.1) is 0 Å². The lowest BCUT2D eigenvalue weighted by Gasteiger charge is -2.36. The molecule has 0 radical (unpaired) electrons. The summed E-state index contributed by atoms with van der Waals surface area (Å²) in [5, 5.41) is 4.18. The fraction of sp³-hybridized carbons (Fsp3) is 0.200. The average Bonchev–Trinajstić information content (AvgIpc) is 3.23. The minimum Gasteiger partial charge on any atom is -0.366 e. The van der Waals surface area contributed by atoms with E-state index in [4.69, 9.17) is 0 Å². The third kappa shape index (κ3) is 3.18. The van der Waals surface area contributed by atoms with E-state index >= 15 is 0 Å². The number of benzene rings is 2. The Morgan fingerprint density at radius 1 is 0.923 bits per heavy atom. The first-order chi connectivity index (χ1) is 12.7. The number of anilines is 1. The molecule has 6 heteroatoms. The zero-order valence-electron chi connectivity index (χ0n) is 14.3. The molecule has 1 fully saturated rings. The second-order valence-corrected chi connectivity index (χ2v) is 6.23. The highest BCUT2D eigenvalue weighted by atomic mass is 19.1. The van der Waals surface area contributed by atoms with Gasteiger partial charge < -0.3 is 9.80 Å². The Balaban J connectivity index is 1.41. The molecule has 0 bridgehead atoms. The summed E-state index contributed by atoms with van der Waals surface area (Å²) in [7, 11) is 0. The molecule has 4 rings (SSSR count). The van der Waals surface area contributed by atoms with E-state index in [0.717, 1.165) is 5.69 Å². The van der Waals surface area contributed by atoms with Crippen LogP contribution >= 0.6 is 0 Å². The van der Waals surface area contributed by atoms with Gasteiger partial charge in [-0.1, -0.05) is 12.1 Å². The van der Waals surface area contributed by atoms with Crippen LogP contribution < -0.4 is 4.90 Å². The van der Waals surface area contributed by atoms with Gasteiger partial charge in [0, 0.05) is 44.1 Å². The van der Waals surface area contributed by atoms with E-state index in [2.05, 4.69) is 5.10 Å². The lowest BCUT2D eigenvalue weighted by atomic mass is 10.1. The fourth-order valence-electron chi connectivity index (χ4n) is 3.22. The van der Waals surface area contributed by atoms with Crippen molar-refractivity contribution in [3.63, 3.8) is 0 Å². The summed E-state index contributed by atoms with van der Waals surface area (Å²) < 4.78 is 15.7. The zero-order chi connectivity index (χ0) is 17.9. The quantitative estimate of drug-likeness (QED) is 0.729. The summed E-state index contributed by atoms with van der Waals surface area (Å²) >= 11 is 0. The molecule has 1 aliphatic rings. The molecule has 1 amide bonds. The van der Waals surface area contributed by atoms with Gasteiger partial charge in [-0.25, -0.2) is 9.07 Å². The molecule has 0 unspecified atom stereocenters. The van der Waals surface area contributed by atoms with Crippen LogP contribution in [0.1, 0.15) is 10.4 Å². The second-order valence-electron chi connectivity index (χ2n) is 6.23. The van der Waals surface area contributed by atoms with Crippen LogP contribution in [0, 0.1) is 5.82 Å². The molecular formula is C20H19FN4O. The van der Waals surface area contributed by atoms with E-state index in [9.17, 15) is 9.18 Å². The topological polar surface area (TPSA) is 41.4 Å². The van der Waals surface area contributed by atoms with Gasteiger partial charge in [0.25, 0.3) is 5.91 Å². The van der Waals surface area contributed by atoms with Gasteiger partial charge >= 0.3 is 0 Å². The van der Waals surface area contributed by atoms with Crippen LogP contribution in [0.2, 0.25) is 0 Å². The van der Waals surface area contributed by atoms with Crippen molar-refractivity contribution in [2.75, 3.05) is 31.1 Å². The average molecular weight is 350 g/mol. The summed E-state index contributed by atoms with van der Waals surface area (Å²) in [6.45, 7) is 2.40. The first kappa shape index (κ1) is 16.3. The number of halogens is 1. The van der Waals surface area contributed by atoms with Crippen LogP contribution in [-0.2, 0) is 0 Å². The number of hydrogen-bond donors (Lipinski definition) is 0. The molecule has 0 atom stereocenters. The predicted molar refractivity (Wildman–Crippen MR) is 98.1 cm³/mol. The van der Waals surface area contributed by atoms with E-state index in [1.54, 1.807) is 23.0 Å². The SMILES string of the molecule is O=C(c1ccc(-n2cccn2)cc1)N1CCN(c2ccccc2F)CC1. The normalized spacial score (nSPS) is 14.5. The summed E-state index contributed by atoms with van der Waals surface area (Å²) in [6, 6.07) is 16.0. The van der Waals surface area contributed by atoms with Gasteiger partial charge in [0.2, 0.25) is 0 Å². The molecule has 0 saturated carbocycles. The van der Waals surface area contributed by atoms with Crippen molar-refractivity contribution in [3.05, 3.63) is 78.4 Å². The van der Waals surface area contributed by atoms with Crippen LogP contribution in [0.4, 0.5) is 10.1 Å². The number of amides is 1. The molecule has 0 spiro atoms. The number of carbonyl (C=O) groups excluding carboxylic acids is 1. The van der Waals surface area contributed by atoms with Crippen molar-refractivity contribution in [2.45, 2.75) is 0 Å². The van der Waals surface area contributed by atoms with Gasteiger partial charge in [0.05, 0.1) is 11.4 Å². The highest BCUT2D eigenvalue weighted by Gasteiger charge is 2.23. The Kier molecular flexibility index (Phi) is 4.39. The number of para-hydroxylation sites is 1. The fourth-order valence-corrected chi connectivity index (χ4v) is 3.22. The van der Waals surface area contributed by atoms with Crippen LogP contribution in [0.25, 0.3) is 5.69 Å². The van der Waals surface area contributed by atoms with Crippen LogP contribution in [0.3, 0.4) is 0 Å². The monoisotopic (exact) mass is 350 g/mol. The molecule has 2 aromatic carbocycles. The number of rotatable bonds is 3. The summed E-state index contributed by atoms with van der Waals surface area (Å²) in [6.07, 6.45) is 3.58. The summed E-state index contributed by atoms with van der Waals surface area (Å²) in [5.41, 5.74) is 2.17. The molecule has 1 aliphatic heterocycles. The van der Waals surface area contributed by atoms with Gasteiger partial charge in [-0.3, -0.25) is 4.79 Å². The molecule has 3 aromatic rings. The van der Waals surface area contributed by atoms with E-state index in [-0.39, 0.29) is 11.7 Å². The molecular weight excluding hydrogens is 331 g/mol. The zero-order valence-corrected chi connectivity index (χ0v) is 14.3. The lowest BCUT2D eigenvalue weighted by molar-refractivity contribution is 0.0746. The number of nitrogens with zero attached hydrogens (tertiary/aromatic N) is 4. The maximum absolute atomic E-state index is 13.9. The van der Waals surface area contributed by atoms with Gasteiger partial charge in [-0.2, -0.15) is 5.10 Å². The molecule has 132 valence electrons. The Hall–Kier alpha value is -3.15. The molecule has 1 saturated heterocycles. The summed E-state index contributed by atoms with van der Waals surface area (Å²) in [4.78, 5) is 16.5. The molecule has 26 heavy (non-hydrogen) atoms. The number of aromatic nitrogens is 2.